The van der Waals surface area contributed by atoms with Crippen LogP contribution in [-0.4, -0.2) is 42.3 Å². The second-order valence-corrected chi connectivity index (χ2v) is 7.30. The maximum Gasteiger partial charge on any atom is 0.233 e. The minimum absolute atomic E-state index is 0.0597. The van der Waals surface area contributed by atoms with Crippen molar-refractivity contribution in [1.29, 1.82) is 0 Å². The van der Waals surface area contributed by atoms with Crippen molar-refractivity contribution in [2.24, 2.45) is 0 Å². The Balaban J connectivity index is 2.05. The first-order chi connectivity index (χ1) is 11.4. The molecule has 0 spiro atoms. The van der Waals surface area contributed by atoms with Gasteiger partial charge in [0.05, 0.1) is 12.3 Å². The maximum atomic E-state index is 12.8. The molecule has 0 aliphatic carbocycles. The van der Waals surface area contributed by atoms with Crippen LogP contribution in [0.2, 0.25) is 0 Å². The molecule has 0 saturated carbocycles. The number of amides is 1. The van der Waals surface area contributed by atoms with Crippen molar-refractivity contribution in [3.05, 3.63) is 48.6 Å². The van der Waals surface area contributed by atoms with Crippen LogP contribution in [0.25, 0.3) is 0 Å². The van der Waals surface area contributed by atoms with Gasteiger partial charge in [0.25, 0.3) is 0 Å². The third-order valence-corrected chi connectivity index (χ3v) is 4.36. The van der Waals surface area contributed by atoms with Crippen LogP contribution in [0.3, 0.4) is 0 Å². The second kappa shape index (κ2) is 8.10. The molecule has 1 aromatic heterocycles. The zero-order valence-corrected chi connectivity index (χ0v) is 15.2. The quantitative estimate of drug-likeness (QED) is 0.570. The highest BCUT2D eigenvalue weighted by Gasteiger charge is 2.26. The SMILES string of the molecule is C=CCn1nnnc1SCC(=O)N(Cc1ccccc1)C(C)(C)C. The molecule has 7 heteroatoms. The topological polar surface area (TPSA) is 63.9 Å². The summed E-state index contributed by atoms with van der Waals surface area (Å²) in [6, 6.07) is 10.0. The lowest BCUT2D eigenvalue weighted by atomic mass is 10.0. The molecule has 24 heavy (non-hydrogen) atoms. The van der Waals surface area contributed by atoms with Gasteiger partial charge in [-0.1, -0.05) is 48.2 Å². The van der Waals surface area contributed by atoms with E-state index in [9.17, 15) is 4.79 Å². The van der Waals surface area contributed by atoms with Crippen LogP contribution < -0.4 is 0 Å². The predicted octanol–water partition coefficient (Wildman–Crippen LogP) is 2.78. The highest BCUT2D eigenvalue weighted by atomic mass is 32.2. The second-order valence-electron chi connectivity index (χ2n) is 6.36. The largest absolute Gasteiger partial charge is 0.333 e. The van der Waals surface area contributed by atoms with Crippen molar-refractivity contribution in [1.82, 2.24) is 25.1 Å². The first-order valence-electron chi connectivity index (χ1n) is 7.76. The highest BCUT2D eigenvalue weighted by molar-refractivity contribution is 7.99. The van der Waals surface area contributed by atoms with E-state index in [1.165, 1.54) is 11.8 Å². The molecule has 0 atom stereocenters. The molecule has 2 rings (SSSR count). The van der Waals surface area contributed by atoms with E-state index < -0.39 is 0 Å². The zero-order valence-electron chi connectivity index (χ0n) is 14.3. The molecule has 0 radical (unpaired) electrons. The molecule has 0 fully saturated rings. The van der Waals surface area contributed by atoms with Crippen molar-refractivity contribution in [3.63, 3.8) is 0 Å². The van der Waals surface area contributed by atoms with Gasteiger partial charge in [-0.25, -0.2) is 4.68 Å². The zero-order chi connectivity index (χ0) is 17.6. The summed E-state index contributed by atoms with van der Waals surface area (Å²) in [5, 5.41) is 12.1. The molecule has 1 amide bonds. The van der Waals surface area contributed by atoms with E-state index in [0.29, 0.717) is 24.0 Å². The van der Waals surface area contributed by atoms with Crippen LogP contribution in [0.15, 0.2) is 48.1 Å². The Bertz CT molecular complexity index is 678. The average Bonchev–Trinajstić information content (AvgIpc) is 2.98. The Kier molecular flexibility index (Phi) is 6.14. The van der Waals surface area contributed by atoms with E-state index in [0.717, 1.165) is 5.56 Å². The van der Waals surface area contributed by atoms with Crippen molar-refractivity contribution >= 4 is 17.7 Å². The van der Waals surface area contributed by atoms with Crippen molar-refractivity contribution in [2.75, 3.05) is 5.75 Å². The van der Waals surface area contributed by atoms with Gasteiger partial charge in [-0.3, -0.25) is 4.79 Å². The molecule has 0 bridgehead atoms. The maximum absolute atomic E-state index is 12.8. The molecule has 0 aliphatic rings. The number of benzene rings is 1. The fourth-order valence-corrected chi connectivity index (χ4v) is 2.97. The van der Waals surface area contributed by atoms with Crippen molar-refractivity contribution < 1.29 is 4.79 Å². The van der Waals surface area contributed by atoms with E-state index >= 15 is 0 Å². The summed E-state index contributed by atoms with van der Waals surface area (Å²) < 4.78 is 1.63. The lowest BCUT2D eigenvalue weighted by Gasteiger charge is -2.36. The summed E-state index contributed by atoms with van der Waals surface area (Å²) in [4.78, 5) is 14.7. The molecular weight excluding hydrogens is 322 g/mol. The minimum Gasteiger partial charge on any atom is -0.333 e. The van der Waals surface area contributed by atoms with E-state index in [-0.39, 0.29) is 11.4 Å². The van der Waals surface area contributed by atoms with Gasteiger partial charge < -0.3 is 4.90 Å². The summed E-state index contributed by atoms with van der Waals surface area (Å²) in [5.74, 6) is 0.353. The van der Waals surface area contributed by atoms with Gasteiger partial charge in [-0.05, 0) is 36.8 Å². The summed E-state index contributed by atoms with van der Waals surface area (Å²) in [6.45, 7) is 10.9. The lowest BCUT2D eigenvalue weighted by Crippen LogP contribution is -2.45. The summed E-state index contributed by atoms with van der Waals surface area (Å²) in [5.41, 5.74) is 0.850. The van der Waals surface area contributed by atoms with Crippen molar-refractivity contribution in [3.8, 4) is 0 Å². The number of hydrogen-bond acceptors (Lipinski definition) is 5. The fourth-order valence-electron chi connectivity index (χ4n) is 2.21. The Morgan fingerprint density at radius 2 is 2.04 bits per heavy atom. The number of rotatable bonds is 7. The Labute approximate surface area is 146 Å². The van der Waals surface area contributed by atoms with Crippen LogP contribution >= 0.6 is 11.8 Å². The van der Waals surface area contributed by atoms with Crippen molar-refractivity contribution in [2.45, 2.75) is 44.6 Å². The smallest absolute Gasteiger partial charge is 0.233 e. The van der Waals surface area contributed by atoms with Crippen LogP contribution in [0.1, 0.15) is 26.3 Å². The molecule has 0 unspecified atom stereocenters. The van der Waals surface area contributed by atoms with E-state index in [1.807, 2.05) is 56.0 Å². The molecule has 128 valence electrons. The van der Waals surface area contributed by atoms with Gasteiger partial charge in [0.2, 0.25) is 11.1 Å². The number of aromatic nitrogens is 4. The van der Waals surface area contributed by atoms with Crippen LogP contribution in [0.5, 0.6) is 0 Å². The summed E-state index contributed by atoms with van der Waals surface area (Å²) in [6.07, 6.45) is 1.72. The van der Waals surface area contributed by atoms with Crippen LogP contribution in [0.4, 0.5) is 0 Å². The normalized spacial score (nSPS) is 11.3. The number of thioether (sulfide) groups is 1. The standard InChI is InChI=1S/C17H23N5OS/c1-5-11-22-16(18-19-20-22)24-13-15(23)21(17(2,3)4)12-14-9-7-6-8-10-14/h5-10H,1,11-13H2,2-4H3. The lowest BCUT2D eigenvalue weighted by molar-refractivity contribution is -0.133. The van der Waals surface area contributed by atoms with Gasteiger partial charge in [0, 0.05) is 12.1 Å². The van der Waals surface area contributed by atoms with Crippen LogP contribution in [-0.2, 0) is 17.9 Å². The van der Waals surface area contributed by atoms with E-state index in [1.54, 1.807) is 10.8 Å². The number of hydrogen-bond donors (Lipinski definition) is 0. The number of tetrazole rings is 1. The molecule has 0 aliphatic heterocycles. The number of nitrogens with zero attached hydrogens (tertiary/aromatic N) is 5. The summed E-state index contributed by atoms with van der Waals surface area (Å²) in [7, 11) is 0. The molecule has 0 N–H and O–H groups in total. The fraction of sp³-hybridized carbons (Fsp3) is 0.412. The highest BCUT2D eigenvalue weighted by Crippen LogP contribution is 2.21. The van der Waals surface area contributed by atoms with Crippen LogP contribution in [0, 0.1) is 0 Å². The van der Waals surface area contributed by atoms with E-state index in [4.69, 9.17) is 0 Å². The molecule has 1 heterocycles. The minimum atomic E-state index is -0.263. The Hall–Kier alpha value is -2.15. The third-order valence-electron chi connectivity index (χ3n) is 3.42. The molecule has 1 aromatic carbocycles. The average molecular weight is 345 g/mol. The molecular formula is C17H23N5OS. The third kappa shape index (κ3) is 4.92. The van der Waals surface area contributed by atoms with Gasteiger partial charge in [0.15, 0.2) is 0 Å². The van der Waals surface area contributed by atoms with Gasteiger partial charge in [-0.2, -0.15) is 0 Å². The van der Waals surface area contributed by atoms with Gasteiger partial charge in [0.1, 0.15) is 0 Å². The molecule has 2 aromatic rings. The Morgan fingerprint density at radius 3 is 2.67 bits per heavy atom. The number of carbonyl (C=O) groups is 1. The molecule has 6 nitrogen and oxygen atoms in total. The summed E-state index contributed by atoms with van der Waals surface area (Å²) >= 11 is 1.34. The number of carbonyl (C=O) groups excluding carboxylic acids is 1. The monoisotopic (exact) mass is 345 g/mol. The van der Waals surface area contributed by atoms with Gasteiger partial charge >= 0.3 is 0 Å². The first kappa shape index (κ1) is 18.2. The number of allylic oxidation sites excluding steroid dienone is 1. The first-order valence-corrected chi connectivity index (χ1v) is 8.74. The Morgan fingerprint density at radius 1 is 1.33 bits per heavy atom. The van der Waals surface area contributed by atoms with E-state index in [2.05, 4.69) is 22.1 Å². The molecule has 0 saturated heterocycles. The predicted molar refractivity (Wildman–Crippen MR) is 95.5 cm³/mol. The van der Waals surface area contributed by atoms with Gasteiger partial charge in [-0.15, -0.1) is 11.7 Å².